The predicted octanol–water partition coefficient (Wildman–Crippen LogP) is 0.560. The number of H-pyrrole nitrogens is 1. The molecule has 0 amide bonds. The van der Waals surface area contributed by atoms with Gasteiger partial charge in [-0.3, -0.25) is 4.79 Å². The van der Waals surface area contributed by atoms with Crippen LogP contribution in [0.1, 0.15) is 0 Å². The fourth-order valence-electron chi connectivity index (χ4n) is 0.757. The first kappa shape index (κ1) is 12.5. The average molecular weight is 269 g/mol. The third kappa shape index (κ3) is 4.23. The van der Waals surface area contributed by atoms with Crippen LogP contribution in [0.5, 0.6) is 0 Å². The Hall–Kier alpha value is -0.530. The lowest BCUT2D eigenvalue weighted by Gasteiger charge is -2.00. The van der Waals surface area contributed by atoms with Crippen LogP contribution >= 0.6 is 23.4 Å². The molecule has 0 aliphatic heterocycles. The van der Waals surface area contributed by atoms with Gasteiger partial charge in [-0.15, -0.1) is 11.8 Å². The highest BCUT2D eigenvalue weighted by molar-refractivity contribution is 8.00. The third-order valence-corrected chi connectivity index (χ3v) is 4.12. The second kappa shape index (κ2) is 5.00. The highest BCUT2D eigenvalue weighted by Gasteiger charge is 2.08. The fourth-order valence-corrected chi connectivity index (χ4v) is 3.11. The summed E-state index contributed by atoms with van der Waals surface area (Å²) in [6.45, 7) is 0. The van der Waals surface area contributed by atoms with Gasteiger partial charge in [-0.2, -0.15) is 0 Å². The number of hydrogen-bond acceptors (Lipinski definition) is 5. The summed E-state index contributed by atoms with van der Waals surface area (Å²) < 4.78 is 21.7. The number of halogens is 1. The zero-order valence-electron chi connectivity index (χ0n) is 7.86. The molecule has 0 spiro atoms. The standard InChI is InChI=1S/C7H9ClN2O3S2/c1-15(12,13)3-2-14-7-5(8)6(11)9-4-10-7/h4H,2-3H2,1H3,(H,9,10,11). The number of thioether (sulfide) groups is 1. The lowest BCUT2D eigenvalue weighted by molar-refractivity contribution is 0.603. The number of nitrogens with one attached hydrogen (secondary N) is 1. The molecule has 84 valence electrons. The lowest BCUT2D eigenvalue weighted by Crippen LogP contribution is -2.09. The first-order chi connectivity index (χ1) is 6.90. The summed E-state index contributed by atoms with van der Waals surface area (Å²) in [5.41, 5.74) is -0.423. The SMILES string of the molecule is CS(=O)(=O)CCSc1nc[nH]c(=O)c1Cl. The van der Waals surface area contributed by atoms with Crippen molar-refractivity contribution in [2.24, 2.45) is 0 Å². The Kier molecular flexibility index (Phi) is 4.18. The van der Waals surface area contributed by atoms with Crippen molar-refractivity contribution in [2.45, 2.75) is 5.03 Å². The van der Waals surface area contributed by atoms with Crippen molar-refractivity contribution >= 4 is 33.2 Å². The van der Waals surface area contributed by atoms with Crippen molar-refractivity contribution in [3.63, 3.8) is 0 Å². The highest BCUT2D eigenvalue weighted by Crippen LogP contribution is 2.20. The molecule has 5 nitrogen and oxygen atoms in total. The van der Waals surface area contributed by atoms with Gasteiger partial charge >= 0.3 is 0 Å². The van der Waals surface area contributed by atoms with E-state index in [1.54, 1.807) is 0 Å². The summed E-state index contributed by atoms with van der Waals surface area (Å²) in [4.78, 5) is 17.2. The van der Waals surface area contributed by atoms with E-state index in [4.69, 9.17) is 11.6 Å². The molecule has 0 saturated heterocycles. The van der Waals surface area contributed by atoms with E-state index in [1.165, 1.54) is 6.33 Å². The van der Waals surface area contributed by atoms with Gasteiger partial charge in [0.15, 0.2) is 0 Å². The van der Waals surface area contributed by atoms with E-state index >= 15 is 0 Å². The summed E-state index contributed by atoms with van der Waals surface area (Å²) in [5.74, 6) is 0.359. The molecule has 1 aromatic heterocycles. The fraction of sp³-hybridized carbons (Fsp3) is 0.429. The maximum atomic E-state index is 11.0. The van der Waals surface area contributed by atoms with Crippen LogP contribution in [0.25, 0.3) is 0 Å². The van der Waals surface area contributed by atoms with Gasteiger partial charge in [-0.1, -0.05) is 11.6 Å². The van der Waals surface area contributed by atoms with Crippen LogP contribution < -0.4 is 5.56 Å². The van der Waals surface area contributed by atoms with E-state index in [9.17, 15) is 13.2 Å². The largest absolute Gasteiger partial charge is 0.312 e. The minimum atomic E-state index is -2.99. The molecule has 1 heterocycles. The molecule has 1 aromatic rings. The Morgan fingerprint density at radius 3 is 2.87 bits per heavy atom. The smallest absolute Gasteiger partial charge is 0.270 e. The first-order valence-electron chi connectivity index (χ1n) is 3.94. The third-order valence-electron chi connectivity index (χ3n) is 1.46. The molecule has 15 heavy (non-hydrogen) atoms. The second-order valence-electron chi connectivity index (χ2n) is 2.83. The molecular formula is C7H9ClN2O3S2. The molecule has 0 atom stereocenters. The van der Waals surface area contributed by atoms with E-state index in [2.05, 4.69) is 9.97 Å². The Morgan fingerprint density at radius 1 is 1.60 bits per heavy atom. The Morgan fingerprint density at radius 2 is 2.27 bits per heavy atom. The van der Waals surface area contributed by atoms with Crippen molar-refractivity contribution in [2.75, 3.05) is 17.8 Å². The maximum Gasteiger partial charge on any atom is 0.270 e. The molecule has 0 aliphatic carbocycles. The molecule has 8 heteroatoms. The zero-order chi connectivity index (χ0) is 11.5. The quantitative estimate of drug-likeness (QED) is 0.638. The van der Waals surface area contributed by atoms with Crippen molar-refractivity contribution < 1.29 is 8.42 Å². The van der Waals surface area contributed by atoms with Crippen molar-refractivity contribution in [1.82, 2.24) is 9.97 Å². The molecule has 0 radical (unpaired) electrons. The molecule has 0 saturated carbocycles. The van der Waals surface area contributed by atoms with E-state index in [0.717, 1.165) is 18.0 Å². The van der Waals surface area contributed by atoms with Gasteiger partial charge in [0.05, 0.1) is 12.1 Å². The normalized spacial score (nSPS) is 11.6. The number of sulfone groups is 1. The molecule has 0 bridgehead atoms. The van der Waals surface area contributed by atoms with Crippen molar-refractivity contribution in [3.8, 4) is 0 Å². The van der Waals surface area contributed by atoms with Crippen LogP contribution in [-0.4, -0.2) is 36.1 Å². The van der Waals surface area contributed by atoms with Gasteiger partial charge in [0, 0.05) is 12.0 Å². The monoisotopic (exact) mass is 268 g/mol. The van der Waals surface area contributed by atoms with E-state index in [0.29, 0.717) is 10.8 Å². The Bertz CT molecular complexity index is 497. The lowest BCUT2D eigenvalue weighted by atomic mass is 10.7. The molecule has 0 aromatic carbocycles. The van der Waals surface area contributed by atoms with Gasteiger partial charge in [0.2, 0.25) is 0 Å². The number of hydrogen-bond donors (Lipinski definition) is 1. The molecule has 0 aliphatic rings. The molecule has 1 rings (SSSR count). The molecule has 1 N–H and O–H groups in total. The summed E-state index contributed by atoms with van der Waals surface area (Å²) in [7, 11) is -2.99. The zero-order valence-corrected chi connectivity index (χ0v) is 10.2. The average Bonchev–Trinajstić information content (AvgIpc) is 2.10. The van der Waals surface area contributed by atoms with Crippen LogP contribution in [0.2, 0.25) is 5.02 Å². The van der Waals surface area contributed by atoms with Crippen LogP contribution in [-0.2, 0) is 9.84 Å². The second-order valence-corrected chi connectivity index (χ2v) is 6.55. The maximum absolute atomic E-state index is 11.0. The van der Waals surface area contributed by atoms with Gasteiger partial charge < -0.3 is 4.98 Å². The van der Waals surface area contributed by atoms with Crippen LogP contribution in [0.15, 0.2) is 16.1 Å². The molecule has 0 unspecified atom stereocenters. The van der Waals surface area contributed by atoms with E-state index < -0.39 is 15.4 Å². The van der Waals surface area contributed by atoms with Crippen molar-refractivity contribution in [3.05, 3.63) is 21.7 Å². The summed E-state index contributed by atoms with van der Waals surface area (Å²) in [6, 6.07) is 0. The van der Waals surface area contributed by atoms with Crippen LogP contribution in [0, 0.1) is 0 Å². The van der Waals surface area contributed by atoms with E-state index in [-0.39, 0.29) is 10.8 Å². The topological polar surface area (TPSA) is 79.9 Å². The van der Waals surface area contributed by atoms with Gasteiger partial charge in [-0.05, 0) is 0 Å². The van der Waals surface area contributed by atoms with Gasteiger partial charge in [0.25, 0.3) is 5.56 Å². The van der Waals surface area contributed by atoms with E-state index in [1.807, 2.05) is 0 Å². The Balaban J connectivity index is 2.67. The summed E-state index contributed by atoms with van der Waals surface area (Å²) in [6.07, 6.45) is 2.39. The van der Waals surface area contributed by atoms with Crippen LogP contribution in [0.4, 0.5) is 0 Å². The minimum Gasteiger partial charge on any atom is -0.312 e. The number of rotatable bonds is 4. The Labute approximate surface area is 96.2 Å². The summed E-state index contributed by atoms with van der Waals surface area (Å²) in [5, 5.41) is 0.347. The number of aromatic nitrogens is 2. The predicted molar refractivity (Wildman–Crippen MR) is 60.3 cm³/mol. The highest BCUT2D eigenvalue weighted by atomic mass is 35.5. The van der Waals surface area contributed by atoms with Gasteiger partial charge in [-0.25, -0.2) is 13.4 Å². The van der Waals surface area contributed by atoms with Gasteiger partial charge in [0.1, 0.15) is 19.9 Å². The molecule has 0 fully saturated rings. The first-order valence-corrected chi connectivity index (χ1v) is 7.36. The number of aromatic amines is 1. The summed E-state index contributed by atoms with van der Waals surface area (Å²) >= 11 is 6.81. The number of nitrogens with zero attached hydrogens (tertiary/aromatic N) is 1. The van der Waals surface area contributed by atoms with Crippen molar-refractivity contribution in [1.29, 1.82) is 0 Å². The van der Waals surface area contributed by atoms with Crippen LogP contribution in [0.3, 0.4) is 0 Å². The molecular weight excluding hydrogens is 260 g/mol. The minimum absolute atomic E-state index is 0.00370.